The molecule has 1 radical (unpaired) electrons. The Kier molecular flexibility index (Phi) is 5.72. The Morgan fingerprint density at radius 3 is 2.55 bits per heavy atom. The number of benzene rings is 2. The maximum atomic E-state index is 13.0. The standard InChI is InChI=1S/C21H17F3N3O2/c1-27(20(29)26-19-7-2-3-10-25-19)13-14-5-4-6-15(11-14)17-12-16(21(22,23)24)8-9-18(17)28/h2-12H,13H2,1H3,(H,25,26,29). The Morgan fingerprint density at radius 1 is 1.07 bits per heavy atom. The van der Waals surface area contributed by atoms with Crippen molar-refractivity contribution in [2.24, 2.45) is 0 Å². The van der Waals surface area contributed by atoms with Gasteiger partial charge in [0, 0.05) is 25.4 Å². The highest BCUT2D eigenvalue weighted by molar-refractivity contribution is 5.88. The van der Waals surface area contributed by atoms with Crippen LogP contribution in [-0.4, -0.2) is 23.0 Å². The zero-order valence-corrected chi connectivity index (χ0v) is 15.4. The second-order valence-corrected chi connectivity index (χ2v) is 6.41. The molecule has 3 rings (SSSR count). The minimum atomic E-state index is -4.54. The van der Waals surface area contributed by atoms with Crippen molar-refractivity contribution in [3.05, 3.63) is 78.0 Å². The summed E-state index contributed by atoms with van der Waals surface area (Å²) in [7, 11) is 1.58. The van der Waals surface area contributed by atoms with Crippen molar-refractivity contribution in [3.63, 3.8) is 0 Å². The molecule has 0 aliphatic heterocycles. The van der Waals surface area contributed by atoms with E-state index < -0.39 is 23.5 Å². The van der Waals surface area contributed by atoms with Gasteiger partial charge in [-0.05, 0) is 47.5 Å². The molecule has 3 aromatic rings. The Hall–Kier alpha value is -3.55. The fourth-order valence-electron chi connectivity index (χ4n) is 2.76. The molecule has 1 heterocycles. The predicted molar refractivity (Wildman–Crippen MR) is 102 cm³/mol. The lowest BCUT2D eigenvalue weighted by Crippen LogP contribution is -2.31. The van der Waals surface area contributed by atoms with Crippen molar-refractivity contribution in [1.29, 1.82) is 0 Å². The molecule has 29 heavy (non-hydrogen) atoms. The molecular formula is C21H17F3N3O2. The molecule has 0 saturated carbocycles. The van der Waals surface area contributed by atoms with E-state index in [-0.39, 0.29) is 12.1 Å². The number of carbonyl (C=O) groups excluding carboxylic acids is 1. The fraction of sp³-hybridized carbons (Fsp3) is 0.143. The van der Waals surface area contributed by atoms with E-state index in [4.69, 9.17) is 0 Å². The summed E-state index contributed by atoms with van der Waals surface area (Å²) in [5, 5.41) is 14.7. The maximum Gasteiger partial charge on any atom is 0.416 e. The lowest BCUT2D eigenvalue weighted by atomic mass is 9.99. The highest BCUT2D eigenvalue weighted by atomic mass is 19.4. The van der Waals surface area contributed by atoms with Crippen molar-refractivity contribution >= 4 is 11.8 Å². The van der Waals surface area contributed by atoms with Gasteiger partial charge in [0.1, 0.15) is 5.82 Å². The van der Waals surface area contributed by atoms with Crippen LogP contribution in [0.15, 0.2) is 66.9 Å². The van der Waals surface area contributed by atoms with Crippen LogP contribution in [0.1, 0.15) is 11.1 Å². The van der Waals surface area contributed by atoms with Crippen LogP contribution in [-0.2, 0) is 17.8 Å². The van der Waals surface area contributed by atoms with Crippen molar-refractivity contribution in [1.82, 2.24) is 9.88 Å². The molecule has 0 spiro atoms. The van der Waals surface area contributed by atoms with Gasteiger partial charge in [-0.3, -0.25) is 10.4 Å². The molecule has 0 bridgehead atoms. The van der Waals surface area contributed by atoms with E-state index in [0.29, 0.717) is 16.9 Å². The first-order chi connectivity index (χ1) is 13.7. The quantitative estimate of drug-likeness (QED) is 0.622. The number of amides is 2. The number of urea groups is 1. The number of anilines is 1. The third-order valence-corrected chi connectivity index (χ3v) is 4.21. The summed E-state index contributed by atoms with van der Waals surface area (Å²) in [6, 6.07) is 13.8. The van der Waals surface area contributed by atoms with E-state index in [1.807, 2.05) is 0 Å². The SMILES string of the molecule is CN(Cc1cccc(-c2cc(C(F)(F)F)ccc2[O])c1)C(=O)Nc1ccccn1. The second-order valence-electron chi connectivity index (χ2n) is 6.41. The molecule has 1 aromatic heterocycles. The number of halogens is 3. The number of rotatable bonds is 4. The number of nitrogens with zero attached hydrogens (tertiary/aromatic N) is 2. The first-order valence-corrected chi connectivity index (χ1v) is 8.65. The molecule has 0 atom stereocenters. The molecule has 0 unspecified atom stereocenters. The first kappa shape index (κ1) is 20.2. The lowest BCUT2D eigenvalue weighted by molar-refractivity contribution is -0.137. The summed E-state index contributed by atoms with van der Waals surface area (Å²) in [5.41, 5.74) is 0.0988. The zero-order chi connectivity index (χ0) is 21.0. The van der Waals surface area contributed by atoms with Gasteiger partial charge in [0.25, 0.3) is 0 Å². The van der Waals surface area contributed by atoms with Crippen molar-refractivity contribution < 1.29 is 23.1 Å². The lowest BCUT2D eigenvalue weighted by Gasteiger charge is -2.18. The van der Waals surface area contributed by atoms with Gasteiger partial charge in [0.2, 0.25) is 0 Å². The first-order valence-electron chi connectivity index (χ1n) is 8.65. The van der Waals surface area contributed by atoms with Gasteiger partial charge in [-0.15, -0.1) is 0 Å². The second kappa shape index (κ2) is 8.22. The summed E-state index contributed by atoms with van der Waals surface area (Å²) in [4.78, 5) is 17.7. The molecule has 149 valence electrons. The molecule has 5 nitrogen and oxygen atoms in total. The fourth-order valence-corrected chi connectivity index (χ4v) is 2.76. The van der Waals surface area contributed by atoms with Crippen LogP contribution in [0.2, 0.25) is 0 Å². The highest BCUT2D eigenvalue weighted by Gasteiger charge is 2.31. The molecule has 2 amide bonds. The molecule has 8 heteroatoms. The van der Waals surface area contributed by atoms with E-state index in [9.17, 15) is 23.1 Å². The third kappa shape index (κ3) is 5.04. The summed E-state index contributed by atoms with van der Waals surface area (Å²) in [5.74, 6) is -0.102. The average molecular weight is 400 g/mol. The molecule has 0 aliphatic rings. The van der Waals surface area contributed by atoms with Crippen LogP contribution in [0.5, 0.6) is 5.75 Å². The van der Waals surface area contributed by atoms with E-state index >= 15 is 0 Å². The highest BCUT2D eigenvalue weighted by Crippen LogP contribution is 2.37. The monoisotopic (exact) mass is 400 g/mol. The number of hydrogen-bond donors (Lipinski definition) is 1. The van der Waals surface area contributed by atoms with E-state index in [1.54, 1.807) is 55.7 Å². The smallest absolute Gasteiger partial charge is 0.323 e. The Balaban J connectivity index is 1.79. The topological polar surface area (TPSA) is 65.1 Å². The van der Waals surface area contributed by atoms with E-state index in [0.717, 1.165) is 18.2 Å². The number of nitrogens with one attached hydrogen (secondary N) is 1. The minimum Gasteiger partial charge on any atom is -0.323 e. The van der Waals surface area contributed by atoms with Crippen LogP contribution in [0.25, 0.3) is 11.1 Å². The minimum absolute atomic E-state index is 0.0396. The van der Waals surface area contributed by atoms with Crippen LogP contribution in [0.4, 0.5) is 23.8 Å². The maximum absolute atomic E-state index is 13.0. The van der Waals surface area contributed by atoms with E-state index in [1.165, 1.54) is 4.90 Å². The molecule has 0 saturated heterocycles. The normalized spacial score (nSPS) is 11.2. The van der Waals surface area contributed by atoms with Gasteiger partial charge in [-0.1, -0.05) is 24.3 Å². The molecule has 2 aromatic carbocycles. The van der Waals surface area contributed by atoms with Crippen molar-refractivity contribution in [3.8, 4) is 16.9 Å². The van der Waals surface area contributed by atoms with E-state index in [2.05, 4.69) is 10.3 Å². The van der Waals surface area contributed by atoms with Gasteiger partial charge in [0.15, 0.2) is 5.75 Å². The summed E-state index contributed by atoms with van der Waals surface area (Å²) < 4.78 is 38.9. The van der Waals surface area contributed by atoms with Crippen molar-refractivity contribution in [2.75, 3.05) is 12.4 Å². The summed E-state index contributed by atoms with van der Waals surface area (Å²) in [6.45, 7) is 0.194. The Morgan fingerprint density at radius 2 is 1.86 bits per heavy atom. The van der Waals surface area contributed by atoms with Gasteiger partial charge in [0.05, 0.1) is 5.56 Å². The average Bonchev–Trinajstić information content (AvgIpc) is 2.68. The number of pyridine rings is 1. The van der Waals surface area contributed by atoms with Gasteiger partial charge in [-0.25, -0.2) is 9.78 Å². The van der Waals surface area contributed by atoms with Crippen LogP contribution in [0.3, 0.4) is 0 Å². The van der Waals surface area contributed by atoms with Gasteiger partial charge in [-0.2, -0.15) is 13.2 Å². The Labute approximate surface area is 165 Å². The molecule has 0 fully saturated rings. The molecular weight excluding hydrogens is 383 g/mol. The van der Waals surface area contributed by atoms with Crippen LogP contribution < -0.4 is 5.32 Å². The van der Waals surface area contributed by atoms with Crippen molar-refractivity contribution in [2.45, 2.75) is 12.7 Å². The summed E-state index contributed by atoms with van der Waals surface area (Å²) in [6.07, 6.45) is -2.99. The number of hydrogen-bond acceptors (Lipinski definition) is 2. The van der Waals surface area contributed by atoms with Crippen LogP contribution >= 0.6 is 0 Å². The van der Waals surface area contributed by atoms with Gasteiger partial charge >= 0.3 is 12.2 Å². The molecule has 0 aliphatic carbocycles. The molecule has 1 N–H and O–H groups in total. The van der Waals surface area contributed by atoms with Gasteiger partial charge < -0.3 is 4.90 Å². The zero-order valence-electron chi connectivity index (χ0n) is 15.4. The number of carbonyl (C=O) groups is 1. The largest absolute Gasteiger partial charge is 0.416 e. The number of alkyl halides is 3. The third-order valence-electron chi connectivity index (χ3n) is 4.21. The predicted octanol–water partition coefficient (Wildman–Crippen LogP) is 5.58. The number of aromatic nitrogens is 1. The Bertz CT molecular complexity index is 1010. The van der Waals surface area contributed by atoms with Crippen LogP contribution in [0, 0.1) is 0 Å². The summed E-state index contributed by atoms with van der Waals surface area (Å²) >= 11 is 0.